The van der Waals surface area contributed by atoms with Crippen LogP contribution in [0.1, 0.15) is 0 Å². The van der Waals surface area contributed by atoms with Crippen molar-refractivity contribution >= 4 is 0 Å². The highest BCUT2D eigenvalue weighted by molar-refractivity contribution is 4.91. The van der Waals surface area contributed by atoms with Gasteiger partial charge in [0.25, 0.3) is 6.36 Å². The van der Waals surface area contributed by atoms with Crippen molar-refractivity contribution in [3.63, 3.8) is 0 Å². The van der Waals surface area contributed by atoms with Crippen LogP contribution in [0.5, 0.6) is 0 Å². The lowest BCUT2D eigenvalue weighted by atomic mass is 10.2. The molecule has 0 aliphatic rings. The Morgan fingerprint density at radius 1 is 0.636 bits per heavy atom. The zero-order valence-electron chi connectivity index (χ0n) is 14.9. The Balaban J connectivity index is 4.89. The molecule has 0 aliphatic carbocycles. The van der Waals surface area contributed by atoms with Crippen molar-refractivity contribution in [2.45, 2.75) is 54.8 Å². The van der Waals surface area contributed by atoms with Gasteiger partial charge >= 0.3 is 42.3 Å². The highest BCUT2D eigenvalue weighted by Crippen LogP contribution is 2.49. The fourth-order valence-electron chi connectivity index (χ4n) is 1.38. The Morgan fingerprint density at radius 2 is 1.06 bits per heavy atom. The summed E-state index contributed by atoms with van der Waals surface area (Å²) in [5, 5.41) is 9.00. The molecule has 1 N–H and O–H groups in total. The summed E-state index contributed by atoms with van der Waals surface area (Å²) in [5.74, 6) is -19.8. The van der Waals surface area contributed by atoms with Gasteiger partial charge in [-0.3, -0.25) is 4.74 Å². The first-order chi connectivity index (χ1) is 14.2. The molecule has 0 aromatic heterocycles. The first-order valence-corrected chi connectivity index (χ1v) is 7.47. The van der Waals surface area contributed by atoms with Crippen LogP contribution < -0.4 is 0 Å². The third-order valence-electron chi connectivity index (χ3n) is 3.11. The van der Waals surface area contributed by atoms with Crippen LogP contribution in [0.25, 0.3) is 0 Å². The Hall–Kier alpha value is -1.35. The standard InChI is InChI=1S/C12H9F17O4/c13-5(33-12(28,29)9(20,21)11(25,26)27)7(16,17)32-2-4(30)1-31-3-6(14,15)8(18,19)10(22,23)24/h4-5,30H,1-3H2. The molecular formula is C12H9F17O4. The molecule has 33 heavy (non-hydrogen) atoms. The molecule has 0 rings (SSSR count). The second-order valence-electron chi connectivity index (χ2n) is 5.84. The summed E-state index contributed by atoms with van der Waals surface area (Å²) >= 11 is 0. The molecule has 0 radical (unpaired) electrons. The topological polar surface area (TPSA) is 47.9 Å². The monoisotopic (exact) mass is 540 g/mol. The largest absolute Gasteiger partial charge is 0.462 e. The van der Waals surface area contributed by atoms with Gasteiger partial charge in [-0.05, 0) is 0 Å². The van der Waals surface area contributed by atoms with Gasteiger partial charge in [0.2, 0.25) is 0 Å². The smallest absolute Gasteiger partial charge is 0.388 e. The van der Waals surface area contributed by atoms with E-state index in [9.17, 15) is 74.6 Å². The van der Waals surface area contributed by atoms with Crippen molar-refractivity contribution in [2.24, 2.45) is 0 Å². The molecule has 4 nitrogen and oxygen atoms in total. The second-order valence-corrected chi connectivity index (χ2v) is 5.84. The number of aliphatic hydroxyl groups excluding tert-OH is 1. The first kappa shape index (κ1) is 31.6. The number of aliphatic hydroxyl groups is 1. The number of hydrogen-bond donors (Lipinski definition) is 1. The molecule has 0 bridgehead atoms. The third kappa shape index (κ3) is 7.31. The van der Waals surface area contributed by atoms with E-state index in [1.54, 1.807) is 0 Å². The molecule has 0 amide bonds. The summed E-state index contributed by atoms with van der Waals surface area (Å²) < 4.78 is 220. The van der Waals surface area contributed by atoms with Crippen LogP contribution in [0.3, 0.4) is 0 Å². The lowest BCUT2D eigenvalue weighted by Crippen LogP contribution is -2.56. The van der Waals surface area contributed by atoms with Crippen LogP contribution in [0, 0.1) is 0 Å². The van der Waals surface area contributed by atoms with E-state index < -0.39 is 74.6 Å². The first-order valence-electron chi connectivity index (χ1n) is 7.47. The van der Waals surface area contributed by atoms with Crippen molar-refractivity contribution in [2.75, 3.05) is 19.8 Å². The van der Waals surface area contributed by atoms with E-state index in [2.05, 4.69) is 14.2 Å². The van der Waals surface area contributed by atoms with Gasteiger partial charge in [0.15, 0.2) is 0 Å². The summed E-state index contributed by atoms with van der Waals surface area (Å²) in [4.78, 5) is 0. The van der Waals surface area contributed by atoms with Crippen molar-refractivity contribution < 1.29 is 94.0 Å². The molecule has 200 valence electrons. The highest BCUT2D eigenvalue weighted by atomic mass is 19.4. The highest BCUT2D eigenvalue weighted by Gasteiger charge is 2.76. The van der Waals surface area contributed by atoms with Gasteiger partial charge in [-0.1, -0.05) is 0 Å². The third-order valence-corrected chi connectivity index (χ3v) is 3.11. The van der Waals surface area contributed by atoms with Crippen LogP contribution in [0.4, 0.5) is 74.6 Å². The van der Waals surface area contributed by atoms with E-state index in [1.807, 2.05) is 0 Å². The summed E-state index contributed by atoms with van der Waals surface area (Å²) in [6, 6.07) is 0. The van der Waals surface area contributed by atoms with Gasteiger partial charge in [-0.15, -0.1) is 0 Å². The molecule has 0 saturated carbocycles. The van der Waals surface area contributed by atoms with Crippen molar-refractivity contribution in [1.29, 1.82) is 0 Å². The second kappa shape index (κ2) is 9.72. The Kier molecular flexibility index (Phi) is 9.32. The summed E-state index contributed by atoms with van der Waals surface area (Å²) in [6.45, 7) is -6.64. The van der Waals surface area contributed by atoms with Crippen LogP contribution in [0.15, 0.2) is 0 Å². The number of alkyl halides is 17. The average Bonchev–Trinajstić information content (AvgIpc) is 2.57. The Bertz CT molecular complexity index is 628. The summed E-state index contributed by atoms with van der Waals surface area (Å²) in [7, 11) is 0. The zero-order chi connectivity index (χ0) is 26.9. The molecule has 2 unspecified atom stereocenters. The molecule has 0 heterocycles. The number of rotatable bonds is 12. The minimum absolute atomic E-state index is 1.79. The molecule has 0 fully saturated rings. The van der Waals surface area contributed by atoms with Crippen molar-refractivity contribution in [1.82, 2.24) is 0 Å². The Morgan fingerprint density at radius 3 is 1.45 bits per heavy atom. The quantitative estimate of drug-likeness (QED) is 0.358. The minimum Gasteiger partial charge on any atom is -0.388 e. The van der Waals surface area contributed by atoms with Crippen LogP contribution in [0.2, 0.25) is 0 Å². The predicted octanol–water partition coefficient (Wildman–Crippen LogP) is 4.91. The van der Waals surface area contributed by atoms with E-state index in [0.717, 1.165) is 0 Å². The normalized spacial score (nSPS) is 17.3. The number of ether oxygens (including phenoxy) is 3. The fraction of sp³-hybridized carbons (Fsp3) is 1.00. The van der Waals surface area contributed by atoms with Crippen molar-refractivity contribution in [3.05, 3.63) is 0 Å². The van der Waals surface area contributed by atoms with E-state index in [1.165, 1.54) is 0 Å². The van der Waals surface area contributed by atoms with Crippen molar-refractivity contribution in [3.8, 4) is 0 Å². The summed E-state index contributed by atoms with van der Waals surface area (Å²) in [5.41, 5.74) is 0. The van der Waals surface area contributed by atoms with E-state index in [0.29, 0.717) is 0 Å². The summed E-state index contributed by atoms with van der Waals surface area (Å²) in [6.07, 6.45) is -34.3. The molecule has 2 atom stereocenters. The maximum Gasteiger partial charge on any atom is 0.462 e. The lowest BCUT2D eigenvalue weighted by molar-refractivity contribution is -0.465. The number of halogens is 17. The van der Waals surface area contributed by atoms with Crippen LogP contribution in [-0.2, 0) is 14.2 Å². The molecule has 0 aromatic rings. The predicted molar refractivity (Wildman–Crippen MR) is 65.6 cm³/mol. The molecule has 0 spiro atoms. The lowest BCUT2D eigenvalue weighted by Gasteiger charge is -2.30. The minimum atomic E-state index is -7.17. The Labute approximate surface area is 170 Å². The molecular weight excluding hydrogens is 531 g/mol. The molecule has 0 aromatic carbocycles. The number of hydrogen-bond acceptors (Lipinski definition) is 4. The zero-order valence-corrected chi connectivity index (χ0v) is 14.9. The average molecular weight is 540 g/mol. The van der Waals surface area contributed by atoms with Crippen LogP contribution in [-0.4, -0.2) is 79.7 Å². The van der Waals surface area contributed by atoms with Gasteiger partial charge in [0.05, 0.1) is 13.2 Å². The van der Waals surface area contributed by atoms with E-state index >= 15 is 0 Å². The fourth-order valence-corrected chi connectivity index (χ4v) is 1.38. The maximum atomic E-state index is 13.1. The molecule has 0 saturated heterocycles. The van der Waals surface area contributed by atoms with Gasteiger partial charge in [0, 0.05) is 0 Å². The van der Waals surface area contributed by atoms with Gasteiger partial charge in [0.1, 0.15) is 12.7 Å². The van der Waals surface area contributed by atoms with Gasteiger partial charge < -0.3 is 14.6 Å². The maximum absolute atomic E-state index is 13.1. The van der Waals surface area contributed by atoms with Crippen LogP contribution >= 0.6 is 0 Å². The van der Waals surface area contributed by atoms with Gasteiger partial charge in [-0.2, -0.15) is 70.2 Å². The molecule has 21 heteroatoms. The molecule has 0 aliphatic heterocycles. The SMILES string of the molecule is OC(COCC(F)(F)C(F)(F)C(F)(F)F)COC(F)(F)C(F)OC(F)(F)C(F)(F)C(F)(F)F. The van der Waals surface area contributed by atoms with E-state index in [-0.39, 0.29) is 0 Å². The van der Waals surface area contributed by atoms with Gasteiger partial charge in [-0.25, -0.2) is 4.39 Å². The van der Waals surface area contributed by atoms with E-state index in [4.69, 9.17) is 5.11 Å².